The number of benzene rings is 2. The molecule has 0 spiro atoms. The quantitative estimate of drug-likeness (QED) is 0.192. The van der Waals surface area contributed by atoms with Crippen LogP contribution in [0.3, 0.4) is 0 Å². The predicted molar refractivity (Wildman–Crippen MR) is 88.8 cm³/mol. The van der Waals surface area contributed by atoms with Gasteiger partial charge in [0.15, 0.2) is 0 Å². The van der Waals surface area contributed by atoms with Crippen LogP contribution >= 0.6 is 0 Å². The molecule has 0 atom stereocenters. The Balaban J connectivity index is 2.56. The summed E-state index contributed by atoms with van der Waals surface area (Å²) in [6.07, 6.45) is 1.12. The molecule has 0 saturated heterocycles. The second-order valence-electron chi connectivity index (χ2n) is 4.56. The summed E-state index contributed by atoms with van der Waals surface area (Å²) in [6.45, 7) is 0. The van der Waals surface area contributed by atoms with Crippen molar-refractivity contribution >= 4 is 29.0 Å². The third kappa shape index (κ3) is 4.06. The van der Waals surface area contributed by atoms with E-state index in [1.54, 1.807) is 24.3 Å². The number of methoxy groups -OCH3 is 1. The van der Waals surface area contributed by atoms with E-state index in [2.05, 4.69) is 15.0 Å². The number of hydrogen-bond acceptors (Lipinski definition) is 7. The molecule has 0 N–H and O–H groups in total. The highest BCUT2D eigenvalue weighted by atomic mass is 16.6. The molecule has 0 amide bonds. The van der Waals surface area contributed by atoms with Gasteiger partial charge < -0.3 is 4.74 Å². The van der Waals surface area contributed by atoms with Crippen molar-refractivity contribution in [1.82, 2.24) is 0 Å². The number of nitro benzene ring substituents is 2. The number of nitrogens with zero attached hydrogens (tertiary/aromatic N) is 6. The molecule has 2 aromatic carbocycles. The Hall–Kier alpha value is -3.98. The highest BCUT2D eigenvalue weighted by Crippen LogP contribution is 2.33. The van der Waals surface area contributed by atoms with Crippen molar-refractivity contribution in [3.05, 3.63) is 72.6 Å². The molecule has 0 unspecified atom stereocenters. The molecule has 0 aliphatic carbocycles. The first-order valence-electron chi connectivity index (χ1n) is 6.66. The molecule has 0 aliphatic rings. The zero-order valence-electron chi connectivity index (χ0n) is 12.8. The van der Waals surface area contributed by atoms with Gasteiger partial charge >= 0.3 is 0 Å². The SMILES string of the molecule is COc1ccc(N=Cc2c(N=[N+]=[N-])cc([N+](=O)[O-])cc2[N+](=O)[O-])cc1. The Kier molecular flexibility index (Phi) is 5.23. The Labute approximate surface area is 140 Å². The van der Waals surface area contributed by atoms with E-state index in [0.29, 0.717) is 11.4 Å². The lowest BCUT2D eigenvalue weighted by molar-refractivity contribution is -0.394. The van der Waals surface area contributed by atoms with Crippen molar-refractivity contribution in [3.8, 4) is 5.75 Å². The number of hydrogen-bond donors (Lipinski definition) is 0. The van der Waals surface area contributed by atoms with Gasteiger partial charge in [-0.2, -0.15) is 0 Å². The molecule has 0 fully saturated rings. The second kappa shape index (κ2) is 7.53. The number of rotatable bonds is 6. The predicted octanol–water partition coefficient (Wildman–Crippen LogP) is 4.20. The first-order chi connectivity index (χ1) is 12.0. The Morgan fingerprint density at radius 1 is 1.16 bits per heavy atom. The minimum atomic E-state index is -0.812. The van der Waals surface area contributed by atoms with Gasteiger partial charge in [0.25, 0.3) is 11.4 Å². The summed E-state index contributed by atoms with van der Waals surface area (Å²) in [7, 11) is 1.50. The smallest absolute Gasteiger partial charge is 0.285 e. The molecule has 2 rings (SSSR count). The summed E-state index contributed by atoms with van der Waals surface area (Å²) >= 11 is 0. The van der Waals surface area contributed by atoms with Crippen LogP contribution in [0.4, 0.5) is 22.7 Å². The Morgan fingerprint density at radius 2 is 1.84 bits per heavy atom. The minimum absolute atomic E-state index is 0.135. The first kappa shape index (κ1) is 17.4. The number of nitro groups is 2. The van der Waals surface area contributed by atoms with Gasteiger partial charge in [-0.25, -0.2) is 0 Å². The molecule has 2 aromatic rings. The van der Waals surface area contributed by atoms with E-state index in [1.807, 2.05) is 0 Å². The van der Waals surface area contributed by atoms with Crippen molar-refractivity contribution in [3.63, 3.8) is 0 Å². The van der Waals surface area contributed by atoms with Gasteiger partial charge in [0.05, 0.1) is 40.0 Å². The molecular formula is C14H10N6O5. The van der Waals surface area contributed by atoms with E-state index < -0.39 is 21.2 Å². The summed E-state index contributed by atoms with van der Waals surface area (Å²) in [5.74, 6) is 0.607. The average Bonchev–Trinajstić information content (AvgIpc) is 2.60. The van der Waals surface area contributed by atoms with E-state index in [9.17, 15) is 20.2 Å². The van der Waals surface area contributed by atoms with Crippen LogP contribution in [0.25, 0.3) is 10.4 Å². The summed E-state index contributed by atoms with van der Waals surface area (Å²) in [5, 5.41) is 25.4. The van der Waals surface area contributed by atoms with Crippen molar-refractivity contribution in [2.45, 2.75) is 0 Å². The summed E-state index contributed by atoms with van der Waals surface area (Å²) in [5.41, 5.74) is 7.52. The summed E-state index contributed by atoms with van der Waals surface area (Å²) < 4.78 is 5.01. The lowest BCUT2D eigenvalue weighted by Crippen LogP contribution is -1.98. The molecule has 126 valence electrons. The third-order valence-electron chi connectivity index (χ3n) is 3.10. The number of azide groups is 1. The number of aliphatic imine (C=N–C) groups is 1. The van der Waals surface area contributed by atoms with Gasteiger partial charge in [0, 0.05) is 17.2 Å². The molecule has 0 bridgehead atoms. The fraction of sp³-hybridized carbons (Fsp3) is 0.0714. The van der Waals surface area contributed by atoms with Crippen LogP contribution in [0.15, 0.2) is 46.5 Å². The molecule has 0 radical (unpaired) electrons. The maximum atomic E-state index is 11.2. The van der Waals surface area contributed by atoms with Gasteiger partial charge in [-0.15, -0.1) is 0 Å². The normalized spacial score (nSPS) is 10.3. The summed E-state index contributed by atoms with van der Waals surface area (Å²) in [4.78, 5) is 27.1. The lowest BCUT2D eigenvalue weighted by Gasteiger charge is -2.03. The van der Waals surface area contributed by atoms with Crippen molar-refractivity contribution < 1.29 is 14.6 Å². The van der Waals surface area contributed by atoms with Crippen LogP contribution in [0.1, 0.15) is 5.56 Å². The molecule has 0 aliphatic heterocycles. The molecular weight excluding hydrogens is 332 g/mol. The standard InChI is InChI=1S/C14H10N6O5/c1-25-11-4-2-9(3-5-11)16-8-12-13(17-18-15)6-10(19(21)22)7-14(12)20(23)24/h2-8H,1H3. The van der Waals surface area contributed by atoms with E-state index >= 15 is 0 Å². The molecule has 0 saturated carbocycles. The van der Waals surface area contributed by atoms with E-state index in [1.165, 1.54) is 7.11 Å². The Bertz CT molecular complexity index is 879. The average molecular weight is 342 g/mol. The van der Waals surface area contributed by atoms with Crippen molar-refractivity contribution in [1.29, 1.82) is 0 Å². The molecule has 11 heteroatoms. The first-order valence-corrected chi connectivity index (χ1v) is 6.66. The number of ether oxygens (including phenoxy) is 1. The fourth-order valence-electron chi connectivity index (χ4n) is 1.94. The topological polar surface area (TPSA) is 157 Å². The highest BCUT2D eigenvalue weighted by molar-refractivity contribution is 5.94. The van der Waals surface area contributed by atoms with Crippen LogP contribution in [0, 0.1) is 20.2 Å². The van der Waals surface area contributed by atoms with Crippen molar-refractivity contribution in [2.24, 2.45) is 10.1 Å². The molecule has 0 heterocycles. The van der Waals surface area contributed by atoms with Crippen LogP contribution in [0.5, 0.6) is 5.75 Å². The maximum absolute atomic E-state index is 11.2. The van der Waals surface area contributed by atoms with Crippen LogP contribution in [-0.2, 0) is 0 Å². The lowest BCUT2D eigenvalue weighted by atomic mass is 10.1. The highest BCUT2D eigenvalue weighted by Gasteiger charge is 2.22. The van der Waals surface area contributed by atoms with Gasteiger partial charge in [-0.3, -0.25) is 25.2 Å². The van der Waals surface area contributed by atoms with E-state index in [0.717, 1.165) is 18.3 Å². The van der Waals surface area contributed by atoms with Gasteiger partial charge in [-0.05, 0) is 29.8 Å². The van der Waals surface area contributed by atoms with Gasteiger partial charge in [0.1, 0.15) is 5.75 Å². The second-order valence-corrected chi connectivity index (χ2v) is 4.56. The maximum Gasteiger partial charge on any atom is 0.285 e. The van der Waals surface area contributed by atoms with E-state index in [4.69, 9.17) is 10.3 Å². The zero-order valence-corrected chi connectivity index (χ0v) is 12.8. The molecule has 25 heavy (non-hydrogen) atoms. The largest absolute Gasteiger partial charge is 0.497 e. The third-order valence-corrected chi connectivity index (χ3v) is 3.10. The van der Waals surface area contributed by atoms with Crippen LogP contribution < -0.4 is 4.74 Å². The molecule has 11 nitrogen and oxygen atoms in total. The van der Waals surface area contributed by atoms with Crippen LogP contribution in [-0.4, -0.2) is 23.2 Å². The minimum Gasteiger partial charge on any atom is -0.497 e. The zero-order chi connectivity index (χ0) is 18.4. The van der Waals surface area contributed by atoms with Gasteiger partial charge in [0.2, 0.25) is 0 Å². The monoisotopic (exact) mass is 342 g/mol. The number of non-ortho nitro benzene ring substituents is 1. The van der Waals surface area contributed by atoms with Crippen LogP contribution in [0.2, 0.25) is 0 Å². The van der Waals surface area contributed by atoms with Crippen molar-refractivity contribution in [2.75, 3.05) is 7.11 Å². The van der Waals surface area contributed by atoms with E-state index in [-0.39, 0.29) is 11.3 Å². The summed E-state index contributed by atoms with van der Waals surface area (Å²) in [6, 6.07) is 8.24. The Morgan fingerprint density at radius 3 is 2.36 bits per heavy atom. The fourth-order valence-corrected chi connectivity index (χ4v) is 1.94. The van der Waals surface area contributed by atoms with Gasteiger partial charge in [-0.1, -0.05) is 5.11 Å². The molecule has 0 aromatic heterocycles.